The standard InChI is InChI=1S/C14H20ClFN2/c1-18(14-4-2-3-11(14)8-17)9-10-5-6-12(15)13(16)7-10/h5-7,11,14H,2-4,8-9,17H2,1H3. The van der Waals surface area contributed by atoms with Crippen LogP contribution in [0, 0.1) is 11.7 Å². The molecule has 1 aliphatic carbocycles. The lowest BCUT2D eigenvalue weighted by molar-refractivity contribution is 0.192. The van der Waals surface area contributed by atoms with Gasteiger partial charge in [0.1, 0.15) is 5.82 Å². The Hall–Kier alpha value is -0.640. The van der Waals surface area contributed by atoms with Gasteiger partial charge in [0.25, 0.3) is 0 Å². The van der Waals surface area contributed by atoms with E-state index in [0.717, 1.165) is 18.7 Å². The van der Waals surface area contributed by atoms with Gasteiger partial charge in [-0.25, -0.2) is 4.39 Å². The molecule has 0 aliphatic heterocycles. The monoisotopic (exact) mass is 270 g/mol. The maximum absolute atomic E-state index is 13.4. The van der Waals surface area contributed by atoms with Crippen LogP contribution in [0.1, 0.15) is 24.8 Å². The normalized spacial score (nSPS) is 23.8. The third kappa shape index (κ3) is 3.02. The van der Waals surface area contributed by atoms with Gasteiger partial charge in [0.2, 0.25) is 0 Å². The number of benzene rings is 1. The number of hydrogen-bond donors (Lipinski definition) is 1. The van der Waals surface area contributed by atoms with E-state index in [0.29, 0.717) is 12.0 Å². The van der Waals surface area contributed by atoms with Gasteiger partial charge in [-0.2, -0.15) is 0 Å². The zero-order chi connectivity index (χ0) is 13.1. The zero-order valence-corrected chi connectivity index (χ0v) is 11.5. The highest BCUT2D eigenvalue weighted by atomic mass is 35.5. The van der Waals surface area contributed by atoms with Crippen LogP contribution in [0.3, 0.4) is 0 Å². The average molecular weight is 271 g/mol. The molecule has 0 heterocycles. The summed E-state index contributed by atoms with van der Waals surface area (Å²) in [5.41, 5.74) is 6.76. The van der Waals surface area contributed by atoms with Crippen LogP contribution in [0.15, 0.2) is 18.2 Å². The van der Waals surface area contributed by atoms with Crippen LogP contribution in [0.25, 0.3) is 0 Å². The molecule has 1 saturated carbocycles. The minimum atomic E-state index is -0.343. The SMILES string of the molecule is CN(Cc1ccc(Cl)c(F)c1)C1CCCC1CN. The summed E-state index contributed by atoms with van der Waals surface area (Å²) < 4.78 is 13.4. The van der Waals surface area contributed by atoms with E-state index in [1.54, 1.807) is 6.07 Å². The molecule has 2 N–H and O–H groups in total. The van der Waals surface area contributed by atoms with Gasteiger partial charge >= 0.3 is 0 Å². The lowest BCUT2D eigenvalue weighted by Crippen LogP contribution is -2.37. The molecule has 1 aromatic rings. The minimum absolute atomic E-state index is 0.183. The van der Waals surface area contributed by atoms with Gasteiger partial charge in [0.15, 0.2) is 0 Å². The molecule has 2 nitrogen and oxygen atoms in total. The van der Waals surface area contributed by atoms with Crippen molar-refractivity contribution in [3.63, 3.8) is 0 Å². The second-order valence-corrected chi connectivity index (χ2v) is 5.56. The van der Waals surface area contributed by atoms with E-state index in [9.17, 15) is 4.39 Å². The molecule has 1 aliphatic rings. The molecule has 2 rings (SSSR count). The number of nitrogens with zero attached hydrogens (tertiary/aromatic N) is 1. The van der Waals surface area contributed by atoms with E-state index < -0.39 is 0 Å². The summed E-state index contributed by atoms with van der Waals surface area (Å²) in [6, 6.07) is 5.54. The first-order valence-electron chi connectivity index (χ1n) is 6.46. The van der Waals surface area contributed by atoms with Crippen molar-refractivity contribution in [1.29, 1.82) is 0 Å². The molecule has 2 atom stereocenters. The van der Waals surface area contributed by atoms with Crippen molar-refractivity contribution in [2.45, 2.75) is 31.8 Å². The lowest BCUT2D eigenvalue weighted by atomic mass is 10.0. The van der Waals surface area contributed by atoms with Crippen LogP contribution in [-0.4, -0.2) is 24.5 Å². The predicted molar refractivity (Wildman–Crippen MR) is 73.1 cm³/mol. The lowest BCUT2D eigenvalue weighted by Gasteiger charge is -2.29. The van der Waals surface area contributed by atoms with Gasteiger partial charge in [-0.3, -0.25) is 4.90 Å². The minimum Gasteiger partial charge on any atom is -0.330 e. The fraction of sp³-hybridized carbons (Fsp3) is 0.571. The van der Waals surface area contributed by atoms with E-state index in [1.807, 2.05) is 6.07 Å². The van der Waals surface area contributed by atoms with E-state index in [-0.39, 0.29) is 10.8 Å². The summed E-state index contributed by atoms with van der Waals surface area (Å²) in [5, 5.41) is 0.183. The highest BCUT2D eigenvalue weighted by Gasteiger charge is 2.29. The fourth-order valence-electron chi connectivity index (χ4n) is 2.92. The van der Waals surface area contributed by atoms with Gasteiger partial charge < -0.3 is 5.73 Å². The first-order chi connectivity index (χ1) is 8.61. The summed E-state index contributed by atoms with van der Waals surface area (Å²) in [4.78, 5) is 2.28. The van der Waals surface area contributed by atoms with Gasteiger partial charge in [-0.15, -0.1) is 0 Å². The second-order valence-electron chi connectivity index (χ2n) is 5.16. The van der Waals surface area contributed by atoms with Crippen molar-refractivity contribution in [3.05, 3.63) is 34.6 Å². The van der Waals surface area contributed by atoms with E-state index in [2.05, 4.69) is 11.9 Å². The second kappa shape index (κ2) is 6.00. The predicted octanol–water partition coefficient (Wildman–Crippen LogP) is 3.04. The molecular weight excluding hydrogens is 251 g/mol. The third-order valence-corrected chi connectivity index (χ3v) is 4.21. The Balaban J connectivity index is 2.02. The van der Waals surface area contributed by atoms with Crippen molar-refractivity contribution in [2.75, 3.05) is 13.6 Å². The van der Waals surface area contributed by atoms with Crippen molar-refractivity contribution in [1.82, 2.24) is 4.90 Å². The van der Waals surface area contributed by atoms with Gasteiger partial charge in [-0.1, -0.05) is 24.1 Å². The van der Waals surface area contributed by atoms with Crippen LogP contribution < -0.4 is 5.73 Å². The van der Waals surface area contributed by atoms with Crippen molar-refractivity contribution in [2.24, 2.45) is 11.7 Å². The summed E-state index contributed by atoms with van der Waals surface area (Å²) in [5.74, 6) is 0.233. The molecule has 0 spiro atoms. The van der Waals surface area contributed by atoms with Crippen LogP contribution in [0.4, 0.5) is 4.39 Å². The molecule has 0 radical (unpaired) electrons. The maximum atomic E-state index is 13.4. The van der Waals surface area contributed by atoms with Gasteiger partial charge in [0.05, 0.1) is 5.02 Å². The van der Waals surface area contributed by atoms with E-state index >= 15 is 0 Å². The van der Waals surface area contributed by atoms with Gasteiger partial charge in [-0.05, 0) is 50.0 Å². The maximum Gasteiger partial charge on any atom is 0.142 e. The third-order valence-electron chi connectivity index (χ3n) is 3.90. The van der Waals surface area contributed by atoms with Crippen molar-refractivity contribution in [3.8, 4) is 0 Å². The first kappa shape index (κ1) is 13.8. The molecular formula is C14H20ClFN2. The summed E-state index contributed by atoms with van der Waals surface area (Å²) in [7, 11) is 2.09. The Kier molecular flexibility index (Phi) is 4.60. The largest absolute Gasteiger partial charge is 0.330 e. The van der Waals surface area contributed by atoms with Gasteiger partial charge in [0, 0.05) is 12.6 Å². The molecule has 1 aromatic carbocycles. The molecule has 100 valence electrons. The van der Waals surface area contributed by atoms with Crippen LogP contribution >= 0.6 is 11.6 Å². The summed E-state index contributed by atoms with van der Waals surface area (Å²) in [6.45, 7) is 1.49. The molecule has 18 heavy (non-hydrogen) atoms. The number of nitrogens with two attached hydrogens (primary N) is 1. The van der Waals surface area contributed by atoms with E-state index in [1.165, 1.54) is 25.3 Å². The quantitative estimate of drug-likeness (QED) is 0.911. The Labute approximate surface area is 113 Å². The highest BCUT2D eigenvalue weighted by molar-refractivity contribution is 6.30. The summed E-state index contributed by atoms with van der Waals surface area (Å²) >= 11 is 5.68. The Morgan fingerprint density at radius 1 is 1.44 bits per heavy atom. The van der Waals surface area contributed by atoms with Crippen LogP contribution in [0.5, 0.6) is 0 Å². The smallest absolute Gasteiger partial charge is 0.142 e. The van der Waals surface area contributed by atoms with E-state index in [4.69, 9.17) is 17.3 Å². The molecule has 0 amide bonds. The Bertz CT molecular complexity index is 411. The van der Waals surface area contributed by atoms with Crippen molar-refractivity contribution < 1.29 is 4.39 Å². The summed E-state index contributed by atoms with van der Waals surface area (Å²) in [6.07, 6.45) is 3.64. The molecule has 0 saturated heterocycles. The van der Waals surface area contributed by atoms with Crippen LogP contribution in [0.2, 0.25) is 5.02 Å². The zero-order valence-electron chi connectivity index (χ0n) is 10.7. The average Bonchev–Trinajstić information content (AvgIpc) is 2.82. The number of halogens is 2. The molecule has 0 bridgehead atoms. The van der Waals surface area contributed by atoms with Crippen LogP contribution in [-0.2, 0) is 6.54 Å². The number of hydrogen-bond acceptors (Lipinski definition) is 2. The Morgan fingerprint density at radius 2 is 2.22 bits per heavy atom. The molecule has 0 aromatic heterocycles. The number of rotatable bonds is 4. The van der Waals surface area contributed by atoms with Crippen molar-refractivity contribution >= 4 is 11.6 Å². The molecule has 4 heteroatoms. The first-order valence-corrected chi connectivity index (χ1v) is 6.84. The molecule has 2 unspecified atom stereocenters. The molecule has 1 fully saturated rings. The fourth-order valence-corrected chi connectivity index (χ4v) is 3.03. The Morgan fingerprint density at radius 3 is 2.89 bits per heavy atom. The highest BCUT2D eigenvalue weighted by Crippen LogP contribution is 2.29. The topological polar surface area (TPSA) is 29.3 Å².